The zero-order chi connectivity index (χ0) is 15.6. The zero-order valence-corrected chi connectivity index (χ0v) is 13.1. The lowest BCUT2D eigenvalue weighted by molar-refractivity contribution is 0.101. The third kappa shape index (κ3) is 3.46. The molecule has 0 saturated carbocycles. The molecule has 0 fully saturated rings. The lowest BCUT2D eigenvalue weighted by atomic mass is 10.1. The minimum absolute atomic E-state index is 0.130. The van der Waals surface area contributed by atoms with Gasteiger partial charge in [-0.3, -0.25) is 4.79 Å². The van der Waals surface area contributed by atoms with Crippen LogP contribution < -0.4 is 5.32 Å². The average molecular weight is 307 g/mol. The van der Waals surface area contributed by atoms with E-state index < -0.39 is 6.10 Å². The van der Waals surface area contributed by atoms with Crippen LogP contribution in [0.5, 0.6) is 0 Å². The van der Waals surface area contributed by atoms with Crippen LogP contribution in [0.25, 0.3) is 0 Å². The van der Waals surface area contributed by atoms with Crippen LogP contribution >= 0.6 is 11.6 Å². The summed E-state index contributed by atoms with van der Waals surface area (Å²) in [4.78, 5) is 12.5. The van der Waals surface area contributed by atoms with Gasteiger partial charge in [0.1, 0.15) is 5.69 Å². The Kier molecular flexibility index (Phi) is 4.70. The Hall–Kier alpha value is -1.78. The number of aliphatic hydroxyl groups is 1. The SMILES string of the molecule is CC(O)c1ccccc1NC(=O)c1cc(Cl)cn1C(C)C. The first-order valence-corrected chi connectivity index (χ1v) is 7.23. The molecule has 1 heterocycles. The van der Waals surface area contributed by atoms with Crippen LogP contribution in [0.2, 0.25) is 5.02 Å². The molecule has 4 nitrogen and oxygen atoms in total. The number of amides is 1. The molecule has 5 heteroatoms. The van der Waals surface area contributed by atoms with Crippen LogP contribution in [0.4, 0.5) is 5.69 Å². The van der Waals surface area contributed by atoms with Gasteiger partial charge in [0.25, 0.3) is 5.91 Å². The van der Waals surface area contributed by atoms with Crippen LogP contribution in [0.1, 0.15) is 49.0 Å². The molecule has 0 aliphatic carbocycles. The number of nitrogens with one attached hydrogen (secondary N) is 1. The molecule has 2 aromatic rings. The first kappa shape index (κ1) is 15.6. The quantitative estimate of drug-likeness (QED) is 0.896. The van der Waals surface area contributed by atoms with Crippen molar-refractivity contribution < 1.29 is 9.90 Å². The molecule has 0 aliphatic heterocycles. The van der Waals surface area contributed by atoms with Crippen LogP contribution in [0.3, 0.4) is 0 Å². The molecule has 1 aromatic carbocycles. The minimum Gasteiger partial charge on any atom is -0.389 e. The van der Waals surface area contributed by atoms with Crippen molar-refractivity contribution in [1.82, 2.24) is 4.57 Å². The number of hydrogen-bond donors (Lipinski definition) is 2. The third-order valence-electron chi connectivity index (χ3n) is 3.26. The number of para-hydroxylation sites is 1. The number of rotatable bonds is 4. The van der Waals surface area contributed by atoms with E-state index in [4.69, 9.17) is 11.6 Å². The largest absolute Gasteiger partial charge is 0.389 e. The highest BCUT2D eigenvalue weighted by Gasteiger charge is 2.17. The summed E-state index contributed by atoms with van der Waals surface area (Å²) in [5.74, 6) is -0.247. The summed E-state index contributed by atoms with van der Waals surface area (Å²) in [5.41, 5.74) is 1.78. The fourth-order valence-electron chi connectivity index (χ4n) is 2.22. The molecule has 21 heavy (non-hydrogen) atoms. The van der Waals surface area contributed by atoms with Gasteiger partial charge in [-0.2, -0.15) is 0 Å². The number of carbonyl (C=O) groups excluding carboxylic acids is 1. The van der Waals surface area contributed by atoms with Gasteiger partial charge in [0.05, 0.1) is 11.1 Å². The number of benzene rings is 1. The van der Waals surface area contributed by atoms with Crippen molar-refractivity contribution in [3.8, 4) is 0 Å². The van der Waals surface area contributed by atoms with E-state index in [0.717, 1.165) is 0 Å². The van der Waals surface area contributed by atoms with Crippen molar-refractivity contribution in [2.75, 3.05) is 5.32 Å². The van der Waals surface area contributed by atoms with Crippen molar-refractivity contribution in [3.63, 3.8) is 0 Å². The molecule has 0 spiro atoms. The maximum atomic E-state index is 12.5. The maximum absolute atomic E-state index is 12.5. The lowest BCUT2D eigenvalue weighted by Crippen LogP contribution is -2.18. The van der Waals surface area contributed by atoms with Gasteiger partial charge in [0, 0.05) is 23.5 Å². The number of nitrogens with zero attached hydrogens (tertiary/aromatic N) is 1. The Balaban J connectivity index is 2.31. The summed E-state index contributed by atoms with van der Waals surface area (Å²) in [6.45, 7) is 5.63. The van der Waals surface area contributed by atoms with Gasteiger partial charge >= 0.3 is 0 Å². The second kappa shape index (κ2) is 6.33. The van der Waals surface area contributed by atoms with Crippen LogP contribution in [0.15, 0.2) is 36.5 Å². The highest BCUT2D eigenvalue weighted by molar-refractivity contribution is 6.31. The van der Waals surface area contributed by atoms with Crippen molar-refractivity contribution in [1.29, 1.82) is 0 Å². The molecule has 0 bridgehead atoms. The van der Waals surface area contributed by atoms with Crippen LogP contribution in [0, 0.1) is 0 Å². The van der Waals surface area contributed by atoms with Gasteiger partial charge in [0.2, 0.25) is 0 Å². The summed E-state index contributed by atoms with van der Waals surface area (Å²) in [6.07, 6.45) is 1.09. The maximum Gasteiger partial charge on any atom is 0.272 e. The third-order valence-corrected chi connectivity index (χ3v) is 3.47. The lowest BCUT2D eigenvalue weighted by Gasteiger charge is -2.15. The van der Waals surface area contributed by atoms with E-state index in [1.807, 2.05) is 30.5 Å². The van der Waals surface area contributed by atoms with Gasteiger partial charge in [-0.25, -0.2) is 0 Å². The van der Waals surface area contributed by atoms with Crippen molar-refractivity contribution in [2.45, 2.75) is 32.9 Å². The predicted molar refractivity (Wildman–Crippen MR) is 84.9 cm³/mol. The Bertz CT molecular complexity index is 647. The number of aromatic nitrogens is 1. The molecule has 0 radical (unpaired) electrons. The first-order chi connectivity index (χ1) is 9.90. The topological polar surface area (TPSA) is 54.3 Å². The van der Waals surface area contributed by atoms with Gasteiger partial charge in [0.15, 0.2) is 0 Å². The summed E-state index contributed by atoms with van der Waals surface area (Å²) in [5, 5.41) is 13.1. The monoisotopic (exact) mass is 306 g/mol. The standard InChI is InChI=1S/C16H19ClN2O2/c1-10(2)19-9-12(17)8-15(19)16(21)18-14-7-5-4-6-13(14)11(3)20/h4-11,20H,1-3H3,(H,18,21). The van der Waals surface area contributed by atoms with E-state index >= 15 is 0 Å². The predicted octanol–water partition coefficient (Wildman–Crippen LogP) is 4.03. The Labute approximate surface area is 129 Å². The molecule has 1 atom stereocenters. The van der Waals surface area contributed by atoms with E-state index in [-0.39, 0.29) is 11.9 Å². The van der Waals surface area contributed by atoms with Crippen molar-refractivity contribution in [3.05, 3.63) is 52.8 Å². The Morgan fingerprint density at radius 1 is 1.29 bits per heavy atom. The molecule has 2 rings (SSSR count). The van der Waals surface area contributed by atoms with E-state index in [1.54, 1.807) is 31.3 Å². The van der Waals surface area contributed by atoms with E-state index in [0.29, 0.717) is 22.0 Å². The summed E-state index contributed by atoms with van der Waals surface area (Å²) >= 11 is 6.00. The van der Waals surface area contributed by atoms with E-state index in [1.165, 1.54) is 0 Å². The van der Waals surface area contributed by atoms with Crippen molar-refractivity contribution >= 4 is 23.2 Å². The van der Waals surface area contributed by atoms with Crippen molar-refractivity contribution in [2.24, 2.45) is 0 Å². The number of aliphatic hydroxyl groups excluding tert-OH is 1. The number of anilines is 1. The summed E-state index contributed by atoms with van der Waals surface area (Å²) in [6, 6.07) is 8.97. The van der Waals surface area contributed by atoms with Gasteiger partial charge in [-0.15, -0.1) is 0 Å². The van der Waals surface area contributed by atoms with Gasteiger partial charge in [-0.05, 0) is 32.9 Å². The highest BCUT2D eigenvalue weighted by atomic mass is 35.5. The number of hydrogen-bond acceptors (Lipinski definition) is 2. The summed E-state index contributed by atoms with van der Waals surface area (Å²) < 4.78 is 1.82. The molecule has 1 amide bonds. The molecular weight excluding hydrogens is 288 g/mol. The molecular formula is C16H19ClN2O2. The highest BCUT2D eigenvalue weighted by Crippen LogP contribution is 2.24. The fraction of sp³-hybridized carbons (Fsp3) is 0.312. The minimum atomic E-state index is -0.651. The zero-order valence-electron chi connectivity index (χ0n) is 12.3. The van der Waals surface area contributed by atoms with Crippen LogP contribution in [-0.2, 0) is 0 Å². The molecule has 0 saturated heterocycles. The molecule has 2 N–H and O–H groups in total. The normalized spacial score (nSPS) is 12.5. The Morgan fingerprint density at radius 2 is 1.95 bits per heavy atom. The van der Waals surface area contributed by atoms with E-state index in [9.17, 15) is 9.90 Å². The van der Waals surface area contributed by atoms with E-state index in [2.05, 4.69) is 5.32 Å². The smallest absolute Gasteiger partial charge is 0.272 e. The molecule has 112 valence electrons. The Morgan fingerprint density at radius 3 is 2.57 bits per heavy atom. The molecule has 1 unspecified atom stereocenters. The second-order valence-corrected chi connectivity index (χ2v) is 5.70. The average Bonchev–Trinajstić information content (AvgIpc) is 2.81. The van der Waals surface area contributed by atoms with Gasteiger partial charge < -0.3 is 15.0 Å². The first-order valence-electron chi connectivity index (χ1n) is 6.86. The number of halogens is 1. The second-order valence-electron chi connectivity index (χ2n) is 5.26. The summed E-state index contributed by atoms with van der Waals surface area (Å²) in [7, 11) is 0. The molecule has 0 aliphatic rings. The van der Waals surface area contributed by atoms with Crippen LogP contribution in [-0.4, -0.2) is 15.6 Å². The molecule has 1 aromatic heterocycles. The number of carbonyl (C=O) groups is 1. The fourth-order valence-corrected chi connectivity index (χ4v) is 2.42. The van der Waals surface area contributed by atoms with Gasteiger partial charge in [-0.1, -0.05) is 29.8 Å².